The van der Waals surface area contributed by atoms with E-state index in [2.05, 4.69) is 37.8 Å². The van der Waals surface area contributed by atoms with Crippen LogP contribution in [-0.4, -0.2) is 23.4 Å². The molecule has 0 bridgehead atoms. The molecule has 0 spiro atoms. The molecule has 0 saturated carbocycles. The molecule has 1 heterocycles. The largest absolute Gasteiger partial charge is 0.296 e. The van der Waals surface area contributed by atoms with Gasteiger partial charge in [-0.05, 0) is 45.4 Å². The number of halogens is 1. The summed E-state index contributed by atoms with van der Waals surface area (Å²) in [5.41, 5.74) is 0. The molecule has 0 radical (unpaired) electrons. The van der Waals surface area contributed by atoms with Crippen molar-refractivity contribution in [1.29, 1.82) is 0 Å². The van der Waals surface area contributed by atoms with Crippen LogP contribution in [0.2, 0.25) is 0 Å². The van der Waals surface area contributed by atoms with E-state index < -0.39 is 0 Å². The van der Waals surface area contributed by atoms with E-state index in [-0.39, 0.29) is 0 Å². The highest BCUT2D eigenvalue weighted by Gasteiger charge is 2.10. The van der Waals surface area contributed by atoms with E-state index in [4.69, 9.17) is 11.6 Å². The van der Waals surface area contributed by atoms with Crippen molar-refractivity contribution in [2.45, 2.75) is 46.2 Å². The molecule has 0 unspecified atom stereocenters. The summed E-state index contributed by atoms with van der Waals surface area (Å²) in [7, 11) is 0. The van der Waals surface area contributed by atoms with Gasteiger partial charge in [0.25, 0.3) is 0 Å². The Morgan fingerprint density at radius 1 is 1.31 bits per heavy atom. The predicted octanol–water partition coefficient (Wildman–Crippen LogP) is 4.15. The van der Waals surface area contributed by atoms with Gasteiger partial charge in [-0.3, -0.25) is 4.90 Å². The lowest BCUT2D eigenvalue weighted by Gasteiger charge is -2.25. The Labute approximate surface area is 108 Å². The molecule has 3 heteroatoms. The zero-order valence-electron chi connectivity index (χ0n) is 10.5. The van der Waals surface area contributed by atoms with E-state index in [1.54, 1.807) is 0 Å². The number of nitrogens with zero attached hydrogens (tertiary/aromatic N) is 1. The van der Waals surface area contributed by atoms with Crippen molar-refractivity contribution < 1.29 is 0 Å². The molecular formula is C13H22ClNS. The maximum Gasteiger partial charge on any atom is 0.0330 e. The number of aryl methyl sites for hydroxylation is 1. The highest BCUT2D eigenvalue weighted by molar-refractivity contribution is 7.11. The highest BCUT2D eigenvalue weighted by Crippen LogP contribution is 2.19. The quantitative estimate of drug-likeness (QED) is 0.665. The number of thiophene rings is 1. The summed E-state index contributed by atoms with van der Waals surface area (Å²) < 4.78 is 0. The zero-order chi connectivity index (χ0) is 12.0. The fourth-order valence-electron chi connectivity index (χ4n) is 1.68. The summed E-state index contributed by atoms with van der Waals surface area (Å²) in [6.07, 6.45) is 2.22. The van der Waals surface area contributed by atoms with E-state index in [1.807, 2.05) is 11.3 Å². The van der Waals surface area contributed by atoms with Crippen LogP contribution in [0.15, 0.2) is 12.1 Å². The second kappa shape index (κ2) is 7.31. The maximum atomic E-state index is 5.76. The van der Waals surface area contributed by atoms with E-state index in [9.17, 15) is 0 Å². The van der Waals surface area contributed by atoms with Gasteiger partial charge in [0.15, 0.2) is 0 Å². The van der Waals surface area contributed by atoms with Gasteiger partial charge >= 0.3 is 0 Å². The minimum absolute atomic E-state index is 0.593. The van der Waals surface area contributed by atoms with Gasteiger partial charge in [-0.25, -0.2) is 0 Å². The van der Waals surface area contributed by atoms with Crippen LogP contribution in [-0.2, 0) is 13.0 Å². The smallest absolute Gasteiger partial charge is 0.0330 e. The molecule has 0 saturated heterocycles. The van der Waals surface area contributed by atoms with Gasteiger partial charge in [0, 0.05) is 28.2 Å². The minimum atomic E-state index is 0.593. The van der Waals surface area contributed by atoms with Crippen molar-refractivity contribution in [3.8, 4) is 0 Å². The first kappa shape index (κ1) is 14.0. The van der Waals surface area contributed by atoms with Crippen LogP contribution in [0, 0.1) is 0 Å². The lowest BCUT2D eigenvalue weighted by atomic mass is 10.2. The second-order valence-corrected chi connectivity index (χ2v) is 5.96. The van der Waals surface area contributed by atoms with E-state index in [1.165, 1.54) is 9.75 Å². The number of rotatable bonds is 7. The molecule has 1 aromatic rings. The molecular weight excluding hydrogens is 238 g/mol. The monoisotopic (exact) mass is 259 g/mol. The summed E-state index contributed by atoms with van der Waals surface area (Å²) >= 11 is 7.69. The van der Waals surface area contributed by atoms with Gasteiger partial charge in [0.05, 0.1) is 0 Å². The van der Waals surface area contributed by atoms with Crippen molar-refractivity contribution in [3.63, 3.8) is 0 Å². The molecule has 92 valence electrons. The predicted molar refractivity (Wildman–Crippen MR) is 74.6 cm³/mol. The first-order chi connectivity index (χ1) is 7.67. The average Bonchev–Trinajstić information content (AvgIpc) is 2.71. The Balaban J connectivity index is 2.53. The van der Waals surface area contributed by atoms with Gasteiger partial charge < -0.3 is 0 Å². The summed E-state index contributed by atoms with van der Waals surface area (Å²) in [6, 6.07) is 5.11. The van der Waals surface area contributed by atoms with Gasteiger partial charge in [-0.15, -0.1) is 22.9 Å². The van der Waals surface area contributed by atoms with E-state index in [0.29, 0.717) is 6.04 Å². The van der Waals surface area contributed by atoms with E-state index in [0.717, 1.165) is 31.8 Å². The number of hydrogen-bond donors (Lipinski definition) is 0. The normalized spacial score (nSPS) is 11.6. The SMILES string of the molecule is CCc1ccc(CN(CCCCl)C(C)C)s1. The standard InChI is InChI=1S/C13H22ClNS/c1-4-12-6-7-13(16-12)10-15(11(2)3)9-5-8-14/h6-7,11H,4-5,8-10H2,1-3H3. The second-order valence-electron chi connectivity index (χ2n) is 4.33. The molecule has 0 aliphatic rings. The molecule has 0 aliphatic carbocycles. The molecule has 0 aromatic carbocycles. The summed E-state index contributed by atoms with van der Waals surface area (Å²) in [6.45, 7) is 8.88. The topological polar surface area (TPSA) is 3.24 Å². The summed E-state index contributed by atoms with van der Waals surface area (Å²) in [5, 5.41) is 0. The van der Waals surface area contributed by atoms with Crippen LogP contribution in [0.3, 0.4) is 0 Å². The summed E-state index contributed by atoms with van der Waals surface area (Å²) in [5.74, 6) is 0.758. The lowest BCUT2D eigenvalue weighted by molar-refractivity contribution is 0.215. The molecule has 0 amide bonds. The van der Waals surface area contributed by atoms with Gasteiger partial charge in [0.2, 0.25) is 0 Å². The van der Waals surface area contributed by atoms with Gasteiger partial charge in [0.1, 0.15) is 0 Å². The third-order valence-electron chi connectivity index (χ3n) is 2.73. The maximum absolute atomic E-state index is 5.76. The zero-order valence-corrected chi connectivity index (χ0v) is 12.1. The Kier molecular flexibility index (Phi) is 6.40. The Morgan fingerprint density at radius 2 is 2.00 bits per heavy atom. The Hall–Kier alpha value is -0.0500. The van der Waals surface area contributed by atoms with Crippen LogP contribution in [0.4, 0.5) is 0 Å². The first-order valence-electron chi connectivity index (χ1n) is 6.05. The van der Waals surface area contributed by atoms with Crippen molar-refractivity contribution in [2.24, 2.45) is 0 Å². The van der Waals surface area contributed by atoms with Gasteiger partial charge in [-0.2, -0.15) is 0 Å². The third-order valence-corrected chi connectivity index (χ3v) is 4.22. The fourth-order valence-corrected chi connectivity index (χ4v) is 2.78. The molecule has 16 heavy (non-hydrogen) atoms. The average molecular weight is 260 g/mol. The van der Waals surface area contributed by atoms with Gasteiger partial charge in [-0.1, -0.05) is 6.92 Å². The van der Waals surface area contributed by atoms with Crippen LogP contribution < -0.4 is 0 Å². The molecule has 1 nitrogen and oxygen atoms in total. The fraction of sp³-hybridized carbons (Fsp3) is 0.692. The first-order valence-corrected chi connectivity index (χ1v) is 7.40. The Morgan fingerprint density at radius 3 is 2.50 bits per heavy atom. The van der Waals surface area contributed by atoms with Crippen LogP contribution in [0.25, 0.3) is 0 Å². The third kappa shape index (κ3) is 4.44. The van der Waals surface area contributed by atoms with Crippen molar-refractivity contribution in [1.82, 2.24) is 4.90 Å². The minimum Gasteiger partial charge on any atom is -0.296 e. The molecule has 0 fully saturated rings. The van der Waals surface area contributed by atoms with Crippen molar-refractivity contribution in [3.05, 3.63) is 21.9 Å². The molecule has 0 aliphatic heterocycles. The van der Waals surface area contributed by atoms with Crippen LogP contribution in [0.1, 0.15) is 36.9 Å². The summed E-state index contributed by atoms with van der Waals surface area (Å²) in [4.78, 5) is 5.45. The lowest BCUT2D eigenvalue weighted by Crippen LogP contribution is -2.31. The van der Waals surface area contributed by atoms with Crippen LogP contribution >= 0.6 is 22.9 Å². The molecule has 0 N–H and O–H groups in total. The number of alkyl halides is 1. The molecule has 1 aromatic heterocycles. The molecule has 1 rings (SSSR count). The van der Waals surface area contributed by atoms with Crippen molar-refractivity contribution >= 4 is 22.9 Å². The highest BCUT2D eigenvalue weighted by atomic mass is 35.5. The molecule has 0 atom stereocenters. The van der Waals surface area contributed by atoms with Crippen LogP contribution in [0.5, 0.6) is 0 Å². The number of hydrogen-bond acceptors (Lipinski definition) is 2. The Bertz CT molecular complexity index is 296. The van der Waals surface area contributed by atoms with E-state index >= 15 is 0 Å². The van der Waals surface area contributed by atoms with Crippen molar-refractivity contribution in [2.75, 3.05) is 12.4 Å².